The van der Waals surface area contributed by atoms with E-state index in [0.29, 0.717) is 0 Å². The van der Waals surface area contributed by atoms with Crippen LogP contribution in [0.4, 0.5) is 0 Å². The van der Waals surface area contributed by atoms with Gasteiger partial charge in [-0.05, 0) is 6.04 Å². The van der Waals surface area contributed by atoms with E-state index in [9.17, 15) is 0 Å². The van der Waals surface area contributed by atoms with Gasteiger partial charge in [-0.3, -0.25) is 0 Å². The van der Waals surface area contributed by atoms with Gasteiger partial charge >= 0.3 is 0 Å². The third kappa shape index (κ3) is 6.04. The van der Waals surface area contributed by atoms with E-state index in [4.69, 9.17) is 4.74 Å². The van der Waals surface area contributed by atoms with Crippen LogP contribution in [0, 0.1) is 0 Å². The summed E-state index contributed by atoms with van der Waals surface area (Å²) in [7, 11) is 0.781. The van der Waals surface area contributed by atoms with Gasteiger partial charge in [-0.25, -0.2) is 0 Å². The Hall–Kier alpha value is -0.0831. The van der Waals surface area contributed by atoms with Gasteiger partial charge < -0.3 is 4.74 Å². The van der Waals surface area contributed by atoms with Crippen molar-refractivity contribution >= 4 is 8.07 Å². The Labute approximate surface area is 65.1 Å². The van der Waals surface area contributed by atoms with Crippen LogP contribution >= 0.6 is 0 Å². The van der Waals surface area contributed by atoms with Gasteiger partial charge in [0.25, 0.3) is 0 Å². The fourth-order valence-corrected chi connectivity index (χ4v) is 2.61. The Kier molecular flexibility index (Phi) is 3.90. The highest BCUT2D eigenvalue weighted by atomic mass is 28.3. The van der Waals surface area contributed by atoms with Crippen LogP contribution in [0.15, 0.2) is 12.2 Å². The third-order valence-electron chi connectivity index (χ3n) is 1.13. The number of methoxy groups -OCH3 is 1. The topological polar surface area (TPSA) is 9.23 Å². The predicted molar refractivity (Wildman–Crippen MR) is 49.2 cm³/mol. The molecule has 2 heteroatoms. The molecule has 0 heterocycles. The highest BCUT2D eigenvalue weighted by Gasteiger charge is 2.13. The first kappa shape index (κ1) is 9.92. The largest absolute Gasteiger partial charge is 0.380 e. The molecule has 0 saturated carbocycles. The van der Waals surface area contributed by atoms with Crippen molar-refractivity contribution in [2.75, 3.05) is 13.7 Å². The molecule has 0 atom stereocenters. The minimum atomic E-state index is -0.937. The Balaban J connectivity index is 3.58. The van der Waals surface area contributed by atoms with E-state index < -0.39 is 8.07 Å². The van der Waals surface area contributed by atoms with Gasteiger partial charge in [0.15, 0.2) is 0 Å². The fraction of sp³-hybridized carbons (Fsp3) is 0.750. The van der Waals surface area contributed by atoms with E-state index in [-0.39, 0.29) is 0 Å². The molecule has 10 heavy (non-hydrogen) atoms. The van der Waals surface area contributed by atoms with E-state index >= 15 is 0 Å². The molecule has 0 aromatic rings. The van der Waals surface area contributed by atoms with Crippen LogP contribution in [0.5, 0.6) is 0 Å². The lowest BCUT2D eigenvalue weighted by Gasteiger charge is -2.16. The average molecular weight is 158 g/mol. The van der Waals surface area contributed by atoms with E-state index in [1.54, 1.807) is 7.11 Å². The summed E-state index contributed by atoms with van der Waals surface area (Å²) < 4.78 is 4.97. The normalized spacial score (nSPS) is 11.6. The molecule has 0 N–H and O–H groups in total. The summed E-state index contributed by atoms with van der Waals surface area (Å²) in [5.74, 6) is 0. The lowest BCUT2D eigenvalue weighted by atomic mass is 10.4. The molecule has 0 radical (unpaired) electrons. The van der Waals surface area contributed by atoms with Crippen LogP contribution in [0.25, 0.3) is 0 Å². The van der Waals surface area contributed by atoms with Crippen molar-refractivity contribution in [3.05, 3.63) is 12.2 Å². The second kappa shape index (κ2) is 3.94. The van der Waals surface area contributed by atoms with Crippen LogP contribution in [0.2, 0.25) is 25.7 Å². The summed E-state index contributed by atoms with van der Waals surface area (Å²) >= 11 is 0. The molecule has 1 nitrogen and oxygen atoms in total. The molecule has 0 spiro atoms. The molecule has 0 aromatic carbocycles. The average Bonchev–Trinajstić information content (AvgIpc) is 1.59. The number of rotatable bonds is 4. The first-order valence-corrected chi connectivity index (χ1v) is 7.32. The van der Waals surface area contributed by atoms with Crippen molar-refractivity contribution < 1.29 is 4.74 Å². The first-order chi connectivity index (χ1) is 4.45. The summed E-state index contributed by atoms with van der Waals surface area (Å²) in [5, 5.41) is 0. The van der Waals surface area contributed by atoms with Gasteiger partial charge in [-0.2, -0.15) is 0 Å². The van der Waals surface area contributed by atoms with Crippen molar-refractivity contribution in [1.29, 1.82) is 0 Å². The van der Waals surface area contributed by atoms with Crippen LogP contribution in [0.3, 0.4) is 0 Å². The highest BCUT2D eigenvalue weighted by Crippen LogP contribution is 2.14. The fourth-order valence-electron chi connectivity index (χ4n) is 1.01. The van der Waals surface area contributed by atoms with E-state index in [1.165, 1.54) is 11.6 Å². The zero-order valence-corrected chi connectivity index (χ0v) is 8.53. The second-order valence-corrected chi connectivity index (χ2v) is 9.40. The molecular weight excluding hydrogens is 140 g/mol. The van der Waals surface area contributed by atoms with Gasteiger partial charge in [-0.1, -0.05) is 31.8 Å². The van der Waals surface area contributed by atoms with Gasteiger partial charge in [0, 0.05) is 15.2 Å². The van der Waals surface area contributed by atoms with Gasteiger partial charge in [0.2, 0.25) is 0 Å². The molecule has 0 aliphatic carbocycles. The van der Waals surface area contributed by atoms with Crippen molar-refractivity contribution in [3.63, 3.8) is 0 Å². The summed E-state index contributed by atoms with van der Waals surface area (Å²) in [4.78, 5) is 0. The quantitative estimate of drug-likeness (QED) is 0.451. The first-order valence-electron chi connectivity index (χ1n) is 3.61. The molecule has 60 valence electrons. The Morgan fingerprint density at radius 3 is 2.20 bits per heavy atom. The lowest BCUT2D eigenvalue weighted by Crippen LogP contribution is -2.20. The lowest BCUT2D eigenvalue weighted by molar-refractivity contribution is 0.226. The molecule has 0 rings (SSSR count). The molecule has 0 saturated heterocycles. The summed E-state index contributed by atoms with van der Waals surface area (Å²) in [6, 6.07) is 1.18. The highest BCUT2D eigenvalue weighted by molar-refractivity contribution is 6.76. The van der Waals surface area contributed by atoms with Crippen molar-refractivity contribution in [1.82, 2.24) is 0 Å². The molecular formula is C8H18OSi. The molecule has 0 aliphatic rings. The Bertz CT molecular complexity index is 113. The molecule has 0 aliphatic heterocycles. The zero-order chi connectivity index (χ0) is 8.20. The maximum absolute atomic E-state index is 4.97. The number of hydrogen-bond acceptors (Lipinski definition) is 1. The minimum absolute atomic E-state index is 0.726. The predicted octanol–water partition coefficient (Wildman–Crippen LogP) is 2.53. The molecule has 0 bridgehead atoms. The van der Waals surface area contributed by atoms with E-state index in [0.717, 1.165) is 6.61 Å². The van der Waals surface area contributed by atoms with Gasteiger partial charge in [0.05, 0.1) is 6.61 Å². The summed E-state index contributed by atoms with van der Waals surface area (Å²) in [6.07, 6.45) is 0. The van der Waals surface area contributed by atoms with Crippen molar-refractivity contribution in [3.8, 4) is 0 Å². The Morgan fingerprint density at radius 1 is 1.40 bits per heavy atom. The molecule has 0 unspecified atom stereocenters. The summed E-state index contributed by atoms with van der Waals surface area (Å²) in [6.45, 7) is 11.7. The van der Waals surface area contributed by atoms with Gasteiger partial charge in [-0.15, -0.1) is 0 Å². The zero-order valence-electron chi connectivity index (χ0n) is 7.53. The van der Waals surface area contributed by atoms with Crippen LogP contribution in [-0.4, -0.2) is 21.8 Å². The second-order valence-electron chi connectivity index (χ2n) is 3.92. The van der Waals surface area contributed by atoms with Crippen molar-refractivity contribution in [2.24, 2.45) is 0 Å². The number of hydrogen-bond donors (Lipinski definition) is 0. The Morgan fingerprint density at radius 2 is 1.90 bits per heavy atom. The van der Waals surface area contributed by atoms with E-state index in [2.05, 4.69) is 26.2 Å². The van der Waals surface area contributed by atoms with Crippen molar-refractivity contribution in [2.45, 2.75) is 25.7 Å². The van der Waals surface area contributed by atoms with Crippen LogP contribution in [-0.2, 0) is 4.74 Å². The minimum Gasteiger partial charge on any atom is -0.380 e. The maximum Gasteiger partial charge on any atom is 0.0667 e. The number of ether oxygens (including phenoxy) is 1. The standard InChI is InChI=1S/C8H18OSi/c1-8(6-9-2)7-10(3,4)5/h1,6-7H2,2-5H3. The third-order valence-corrected chi connectivity index (χ3v) is 2.69. The smallest absolute Gasteiger partial charge is 0.0667 e. The molecule has 0 amide bonds. The van der Waals surface area contributed by atoms with Crippen LogP contribution in [0.1, 0.15) is 0 Å². The van der Waals surface area contributed by atoms with Crippen LogP contribution < -0.4 is 0 Å². The molecule has 0 aromatic heterocycles. The maximum atomic E-state index is 4.97. The van der Waals surface area contributed by atoms with Gasteiger partial charge in [0.1, 0.15) is 0 Å². The van der Waals surface area contributed by atoms with E-state index in [1.807, 2.05) is 0 Å². The monoisotopic (exact) mass is 158 g/mol. The SMILES string of the molecule is C=C(COC)C[Si](C)(C)C. The summed E-state index contributed by atoms with van der Waals surface area (Å²) in [5.41, 5.74) is 1.24. The molecule has 0 fully saturated rings.